The van der Waals surface area contributed by atoms with Crippen LogP contribution in [0.15, 0.2) is 30.3 Å². The second-order valence-electron chi connectivity index (χ2n) is 4.49. The molecule has 1 aromatic rings. The second-order valence-corrected chi connectivity index (χ2v) is 4.87. The topological polar surface area (TPSA) is 20.3 Å². The molecule has 1 saturated heterocycles. The Balaban J connectivity index is 2.11. The van der Waals surface area contributed by atoms with Crippen LogP contribution in [0.3, 0.4) is 0 Å². The van der Waals surface area contributed by atoms with Gasteiger partial charge in [0.2, 0.25) is 0 Å². The fraction of sp³-hybridized carbons (Fsp3) is 0.500. The highest BCUT2D eigenvalue weighted by Gasteiger charge is 2.26. The molecule has 92 valence electrons. The summed E-state index contributed by atoms with van der Waals surface area (Å²) in [4.78, 5) is 14.4. The Morgan fingerprint density at radius 1 is 1.29 bits per heavy atom. The van der Waals surface area contributed by atoms with Crippen LogP contribution in [0.1, 0.15) is 36.0 Å². The van der Waals surface area contributed by atoms with E-state index in [2.05, 4.69) is 0 Å². The number of amides is 1. The van der Waals surface area contributed by atoms with Gasteiger partial charge in [-0.05, 0) is 37.8 Å². The maximum Gasteiger partial charge on any atom is 0.254 e. The van der Waals surface area contributed by atoms with Crippen molar-refractivity contribution in [2.24, 2.45) is 0 Å². The van der Waals surface area contributed by atoms with Gasteiger partial charge in [-0.15, -0.1) is 11.6 Å². The quantitative estimate of drug-likeness (QED) is 0.755. The van der Waals surface area contributed by atoms with Crippen LogP contribution >= 0.6 is 11.6 Å². The summed E-state index contributed by atoms with van der Waals surface area (Å²) in [6.07, 6.45) is 4.31. The number of piperidine rings is 1. The van der Waals surface area contributed by atoms with Crippen LogP contribution in [0, 0.1) is 0 Å². The van der Waals surface area contributed by atoms with Gasteiger partial charge in [0.05, 0.1) is 0 Å². The third kappa shape index (κ3) is 3.01. The fourth-order valence-electron chi connectivity index (χ4n) is 2.44. The Hall–Kier alpha value is -1.02. The second kappa shape index (κ2) is 6.06. The molecule has 2 nitrogen and oxygen atoms in total. The number of alkyl halides is 1. The van der Waals surface area contributed by atoms with Gasteiger partial charge in [0.1, 0.15) is 0 Å². The highest BCUT2D eigenvalue weighted by Crippen LogP contribution is 2.22. The van der Waals surface area contributed by atoms with Crippen molar-refractivity contribution in [1.82, 2.24) is 4.90 Å². The van der Waals surface area contributed by atoms with Gasteiger partial charge in [-0.3, -0.25) is 4.79 Å². The molecule has 0 spiro atoms. The number of carbonyl (C=O) groups is 1. The lowest BCUT2D eigenvalue weighted by Crippen LogP contribution is -2.43. The average Bonchev–Trinajstić information content (AvgIpc) is 2.40. The van der Waals surface area contributed by atoms with Gasteiger partial charge in [-0.25, -0.2) is 0 Å². The van der Waals surface area contributed by atoms with Crippen molar-refractivity contribution < 1.29 is 4.79 Å². The van der Waals surface area contributed by atoms with Crippen LogP contribution in [-0.2, 0) is 0 Å². The smallest absolute Gasteiger partial charge is 0.254 e. The van der Waals surface area contributed by atoms with E-state index in [0.29, 0.717) is 11.9 Å². The zero-order chi connectivity index (χ0) is 12.1. The molecule has 3 heteroatoms. The van der Waals surface area contributed by atoms with Crippen LogP contribution in [0.5, 0.6) is 0 Å². The summed E-state index contributed by atoms with van der Waals surface area (Å²) in [6.45, 7) is 0.870. The van der Waals surface area contributed by atoms with Gasteiger partial charge in [-0.1, -0.05) is 18.2 Å². The molecule has 0 aromatic heterocycles. The molecule has 17 heavy (non-hydrogen) atoms. The monoisotopic (exact) mass is 251 g/mol. The van der Waals surface area contributed by atoms with Crippen LogP contribution in [0.25, 0.3) is 0 Å². The predicted octanol–water partition coefficient (Wildman–Crippen LogP) is 3.31. The molecule has 1 fully saturated rings. The molecule has 0 radical (unpaired) electrons. The molecule has 1 atom stereocenters. The van der Waals surface area contributed by atoms with Crippen molar-refractivity contribution in [2.45, 2.75) is 31.7 Å². The first-order chi connectivity index (χ1) is 8.33. The third-order valence-electron chi connectivity index (χ3n) is 3.35. The van der Waals surface area contributed by atoms with Gasteiger partial charge in [-0.2, -0.15) is 0 Å². The average molecular weight is 252 g/mol. The maximum absolute atomic E-state index is 12.4. The van der Waals surface area contributed by atoms with E-state index in [1.807, 2.05) is 35.2 Å². The van der Waals surface area contributed by atoms with E-state index in [9.17, 15) is 4.79 Å². The van der Waals surface area contributed by atoms with Crippen LogP contribution in [-0.4, -0.2) is 29.3 Å². The summed E-state index contributed by atoms with van der Waals surface area (Å²) in [5.74, 6) is 0.781. The molecule has 1 amide bonds. The molecule has 0 saturated carbocycles. The van der Waals surface area contributed by atoms with Gasteiger partial charge in [0.15, 0.2) is 0 Å². The Morgan fingerprint density at radius 2 is 2.06 bits per heavy atom. The van der Waals surface area contributed by atoms with Crippen molar-refractivity contribution in [2.75, 3.05) is 12.4 Å². The molecular weight excluding hydrogens is 234 g/mol. The largest absolute Gasteiger partial charge is 0.336 e. The lowest BCUT2D eigenvalue weighted by Gasteiger charge is -2.35. The van der Waals surface area contributed by atoms with Crippen LogP contribution < -0.4 is 0 Å². The Bertz CT molecular complexity index is 364. The molecule has 0 bridgehead atoms. The molecule has 1 heterocycles. The number of rotatable bonds is 3. The van der Waals surface area contributed by atoms with Crippen LogP contribution in [0.4, 0.5) is 0 Å². The molecule has 0 aliphatic carbocycles. The molecule has 0 N–H and O–H groups in total. The Kier molecular flexibility index (Phi) is 4.43. The van der Waals surface area contributed by atoms with E-state index < -0.39 is 0 Å². The number of hydrogen-bond donors (Lipinski definition) is 0. The summed E-state index contributed by atoms with van der Waals surface area (Å²) in [5.41, 5.74) is 0.786. The van der Waals surface area contributed by atoms with Gasteiger partial charge in [0, 0.05) is 24.0 Å². The van der Waals surface area contributed by atoms with E-state index in [0.717, 1.165) is 31.4 Å². The summed E-state index contributed by atoms with van der Waals surface area (Å²) < 4.78 is 0. The van der Waals surface area contributed by atoms with Crippen molar-refractivity contribution in [3.05, 3.63) is 35.9 Å². The fourth-order valence-corrected chi connectivity index (χ4v) is 2.69. The van der Waals surface area contributed by atoms with Crippen molar-refractivity contribution in [1.29, 1.82) is 0 Å². The van der Waals surface area contributed by atoms with Gasteiger partial charge < -0.3 is 4.90 Å². The number of hydrogen-bond acceptors (Lipinski definition) is 1. The minimum absolute atomic E-state index is 0.153. The zero-order valence-corrected chi connectivity index (χ0v) is 10.7. The normalized spacial score (nSPS) is 20.3. The SMILES string of the molecule is O=C(c1ccccc1)N1CCCCC1CCCl. The molecule has 1 aromatic carbocycles. The number of likely N-dealkylation sites (tertiary alicyclic amines) is 1. The van der Waals surface area contributed by atoms with Gasteiger partial charge in [0.25, 0.3) is 5.91 Å². The van der Waals surface area contributed by atoms with Crippen molar-refractivity contribution in [3.8, 4) is 0 Å². The van der Waals surface area contributed by atoms with Gasteiger partial charge >= 0.3 is 0 Å². The van der Waals surface area contributed by atoms with Crippen molar-refractivity contribution >= 4 is 17.5 Å². The first-order valence-electron chi connectivity index (χ1n) is 6.25. The first kappa shape index (κ1) is 12.4. The summed E-state index contributed by atoms with van der Waals surface area (Å²) in [5, 5.41) is 0. The van der Waals surface area contributed by atoms with E-state index in [4.69, 9.17) is 11.6 Å². The van der Waals surface area contributed by atoms with E-state index in [1.54, 1.807) is 0 Å². The summed E-state index contributed by atoms with van der Waals surface area (Å²) in [6, 6.07) is 9.85. The number of halogens is 1. The first-order valence-corrected chi connectivity index (χ1v) is 6.78. The molecular formula is C14H18ClNO. The lowest BCUT2D eigenvalue weighted by molar-refractivity contribution is 0.0609. The highest BCUT2D eigenvalue weighted by atomic mass is 35.5. The van der Waals surface area contributed by atoms with E-state index in [1.165, 1.54) is 6.42 Å². The van der Waals surface area contributed by atoms with E-state index in [-0.39, 0.29) is 5.91 Å². The summed E-state index contributed by atoms with van der Waals surface area (Å²) in [7, 11) is 0. The minimum Gasteiger partial charge on any atom is -0.336 e. The number of nitrogens with zero attached hydrogens (tertiary/aromatic N) is 1. The van der Waals surface area contributed by atoms with E-state index >= 15 is 0 Å². The molecule has 1 aliphatic heterocycles. The molecule has 1 unspecified atom stereocenters. The Labute approximate surface area is 108 Å². The third-order valence-corrected chi connectivity index (χ3v) is 3.57. The Morgan fingerprint density at radius 3 is 2.76 bits per heavy atom. The number of carbonyl (C=O) groups excluding carboxylic acids is 1. The highest BCUT2D eigenvalue weighted by molar-refractivity contribution is 6.17. The van der Waals surface area contributed by atoms with Crippen molar-refractivity contribution in [3.63, 3.8) is 0 Å². The maximum atomic E-state index is 12.4. The predicted molar refractivity (Wildman–Crippen MR) is 70.5 cm³/mol. The summed E-state index contributed by atoms with van der Waals surface area (Å²) >= 11 is 5.81. The molecule has 1 aliphatic rings. The van der Waals surface area contributed by atoms with Crippen LogP contribution in [0.2, 0.25) is 0 Å². The minimum atomic E-state index is 0.153. The number of benzene rings is 1. The zero-order valence-electron chi connectivity index (χ0n) is 9.94. The molecule has 2 rings (SSSR count). The lowest BCUT2D eigenvalue weighted by atomic mass is 9.99. The standard InChI is InChI=1S/C14H18ClNO/c15-10-9-13-8-4-5-11-16(13)14(17)12-6-2-1-3-7-12/h1-3,6-7,13H,4-5,8-11H2.